The van der Waals surface area contributed by atoms with Gasteiger partial charge >= 0.3 is 0 Å². The molecule has 1 aromatic carbocycles. The third kappa shape index (κ3) is 9.10. The zero-order chi connectivity index (χ0) is 15.3. The maximum Gasteiger partial charge on any atom is 0.0700 e. The molecular formula is C17H28ClNO2. The van der Waals surface area contributed by atoms with Gasteiger partial charge in [-0.15, -0.1) is 0 Å². The summed E-state index contributed by atoms with van der Waals surface area (Å²) in [5, 5.41) is 4.27. The highest BCUT2D eigenvalue weighted by molar-refractivity contribution is 6.30. The van der Waals surface area contributed by atoms with Crippen LogP contribution in [0.15, 0.2) is 24.3 Å². The van der Waals surface area contributed by atoms with E-state index in [1.807, 2.05) is 12.1 Å². The Hall–Kier alpha value is -0.610. The summed E-state index contributed by atoms with van der Waals surface area (Å²) in [6.07, 6.45) is 3.30. The summed E-state index contributed by atoms with van der Waals surface area (Å²) in [6.45, 7) is 6.36. The molecule has 0 amide bonds. The van der Waals surface area contributed by atoms with Gasteiger partial charge in [0.1, 0.15) is 0 Å². The Morgan fingerprint density at radius 3 is 2.81 bits per heavy atom. The molecule has 1 aromatic rings. The normalized spacial score (nSPS) is 12.5. The molecule has 0 saturated heterocycles. The van der Waals surface area contributed by atoms with E-state index in [4.69, 9.17) is 21.1 Å². The highest BCUT2D eigenvalue weighted by Gasteiger charge is 2.09. The number of nitrogens with one attached hydrogen (secondary N) is 1. The summed E-state index contributed by atoms with van der Waals surface area (Å²) in [5.74, 6) is 0.620. The van der Waals surface area contributed by atoms with Crippen molar-refractivity contribution in [1.29, 1.82) is 0 Å². The molecule has 120 valence electrons. The first-order chi connectivity index (χ1) is 10.3. The Balaban J connectivity index is 2.33. The van der Waals surface area contributed by atoms with Crippen LogP contribution < -0.4 is 5.32 Å². The van der Waals surface area contributed by atoms with Gasteiger partial charge in [-0.25, -0.2) is 0 Å². The molecule has 3 nitrogen and oxygen atoms in total. The van der Waals surface area contributed by atoms with Crippen LogP contribution in [0, 0.1) is 5.92 Å². The highest BCUT2D eigenvalue weighted by atomic mass is 35.5. The molecule has 0 aromatic heterocycles. The summed E-state index contributed by atoms with van der Waals surface area (Å²) in [6, 6.07) is 8.17. The molecule has 0 aliphatic heterocycles. The standard InChI is InChI=1S/C17H28ClNO2/c1-3-19-14-16(7-5-9-21-11-10-20-2)12-15-6-4-8-17(18)13-15/h4,6,8,13,16,19H,3,5,7,9-12,14H2,1-2H3. The predicted octanol–water partition coefficient (Wildman–Crippen LogP) is 3.55. The molecule has 0 radical (unpaired) electrons. The molecule has 0 aliphatic rings. The number of hydrogen-bond donors (Lipinski definition) is 1. The summed E-state index contributed by atoms with van der Waals surface area (Å²) < 4.78 is 10.5. The molecule has 0 saturated carbocycles. The number of benzene rings is 1. The van der Waals surface area contributed by atoms with E-state index < -0.39 is 0 Å². The Morgan fingerprint density at radius 2 is 2.10 bits per heavy atom. The fourth-order valence-electron chi connectivity index (χ4n) is 2.34. The van der Waals surface area contributed by atoms with Gasteiger partial charge in [-0.05, 0) is 56.0 Å². The molecular weight excluding hydrogens is 286 g/mol. The average Bonchev–Trinajstić information content (AvgIpc) is 2.48. The van der Waals surface area contributed by atoms with Crippen LogP contribution in [0.2, 0.25) is 5.02 Å². The minimum absolute atomic E-state index is 0.620. The number of ether oxygens (including phenoxy) is 2. The summed E-state index contributed by atoms with van der Waals surface area (Å²) in [4.78, 5) is 0. The van der Waals surface area contributed by atoms with Crippen molar-refractivity contribution in [2.45, 2.75) is 26.2 Å². The van der Waals surface area contributed by atoms with Crippen molar-refractivity contribution in [2.75, 3.05) is 40.0 Å². The SMILES string of the molecule is CCNCC(CCCOCCOC)Cc1cccc(Cl)c1. The molecule has 21 heavy (non-hydrogen) atoms. The second kappa shape index (κ2) is 12.0. The second-order valence-electron chi connectivity index (χ2n) is 5.26. The molecule has 0 fully saturated rings. The van der Waals surface area contributed by atoms with Gasteiger partial charge in [0.15, 0.2) is 0 Å². The van der Waals surface area contributed by atoms with E-state index in [0.29, 0.717) is 19.1 Å². The molecule has 0 spiro atoms. The van der Waals surface area contributed by atoms with Crippen LogP contribution in [0.3, 0.4) is 0 Å². The van der Waals surface area contributed by atoms with E-state index in [1.54, 1.807) is 7.11 Å². The second-order valence-corrected chi connectivity index (χ2v) is 5.69. The molecule has 1 unspecified atom stereocenters. The van der Waals surface area contributed by atoms with Crippen molar-refractivity contribution in [1.82, 2.24) is 5.32 Å². The first-order valence-electron chi connectivity index (χ1n) is 7.78. The molecule has 1 atom stereocenters. The van der Waals surface area contributed by atoms with Gasteiger partial charge in [-0.2, -0.15) is 0 Å². The average molecular weight is 314 g/mol. The first kappa shape index (κ1) is 18.4. The smallest absolute Gasteiger partial charge is 0.0700 e. The monoisotopic (exact) mass is 313 g/mol. The fourth-order valence-corrected chi connectivity index (χ4v) is 2.55. The maximum absolute atomic E-state index is 6.06. The maximum atomic E-state index is 6.06. The van der Waals surface area contributed by atoms with Gasteiger partial charge in [0.05, 0.1) is 13.2 Å². The van der Waals surface area contributed by atoms with Gasteiger partial charge in [0, 0.05) is 18.7 Å². The molecule has 0 aliphatic carbocycles. The number of rotatable bonds is 12. The molecule has 0 heterocycles. The van der Waals surface area contributed by atoms with Gasteiger partial charge in [-0.1, -0.05) is 30.7 Å². The number of methoxy groups -OCH3 is 1. The molecule has 4 heteroatoms. The lowest BCUT2D eigenvalue weighted by Crippen LogP contribution is -2.24. The molecule has 1 rings (SSSR count). The van der Waals surface area contributed by atoms with Crippen molar-refractivity contribution in [2.24, 2.45) is 5.92 Å². The third-order valence-corrected chi connectivity index (χ3v) is 3.66. The minimum atomic E-state index is 0.620. The Kier molecular flexibility index (Phi) is 10.5. The van der Waals surface area contributed by atoms with Gasteiger partial charge in [0.2, 0.25) is 0 Å². The van der Waals surface area contributed by atoms with Crippen molar-refractivity contribution in [3.05, 3.63) is 34.9 Å². The van der Waals surface area contributed by atoms with Crippen LogP contribution in [0.25, 0.3) is 0 Å². The van der Waals surface area contributed by atoms with Crippen LogP contribution in [0.4, 0.5) is 0 Å². The van der Waals surface area contributed by atoms with Crippen LogP contribution >= 0.6 is 11.6 Å². The first-order valence-corrected chi connectivity index (χ1v) is 8.16. The lowest BCUT2D eigenvalue weighted by Gasteiger charge is -2.17. The minimum Gasteiger partial charge on any atom is -0.382 e. The van der Waals surface area contributed by atoms with Gasteiger partial charge in [-0.3, -0.25) is 0 Å². The summed E-state index contributed by atoms with van der Waals surface area (Å²) in [5.41, 5.74) is 1.31. The van der Waals surface area contributed by atoms with Crippen molar-refractivity contribution >= 4 is 11.6 Å². The predicted molar refractivity (Wildman–Crippen MR) is 89.1 cm³/mol. The van der Waals surface area contributed by atoms with Crippen molar-refractivity contribution in [3.63, 3.8) is 0 Å². The van der Waals surface area contributed by atoms with E-state index in [2.05, 4.69) is 24.4 Å². The van der Waals surface area contributed by atoms with E-state index in [0.717, 1.165) is 44.0 Å². The molecule has 0 bridgehead atoms. The summed E-state index contributed by atoms with van der Waals surface area (Å²) in [7, 11) is 1.70. The van der Waals surface area contributed by atoms with E-state index in [1.165, 1.54) is 5.56 Å². The van der Waals surface area contributed by atoms with E-state index in [9.17, 15) is 0 Å². The van der Waals surface area contributed by atoms with Gasteiger partial charge in [0.25, 0.3) is 0 Å². The van der Waals surface area contributed by atoms with Gasteiger partial charge < -0.3 is 14.8 Å². The van der Waals surface area contributed by atoms with Crippen LogP contribution in [0.5, 0.6) is 0 Å². The molecule has 1 N–H and O–H groups in total. The quantitative estimate of drug-likeness (QED) is 0.599. The lowest BCUT2D eigenvalue weighted by molar-refractivity contribution is 0.0672. The summed E-state index contributed by atoms with van der Waals surface area (Å²) >= 11 is 6.06. The number of hydrogen-bond acceptors (Lipinski definition) is 3. The Bertz CT molecular complexity index is 374. The van der Waals surface area contributed by atoms with Crippen molar-refractivity contribution in [3.8, 4) is 0 Å². The fraction of sp³-hybridized carbons (Fsp3) is 0.647. The zero-order valence-corrected chi connectivity index (χ0v) is 14.0. The third-order valence-electron chi connectivity index (χ3n) is 3.43. The Morgan fingerprint density at radius 1 is 1.24 bits per heavy atom. The zero-order valence-electron chi connectivity index (χ0n) is 13.2. The lowest BCUT2D eigenvalue weighted by atomic mass is 9.95. The van der Waals surface area contributed by atoms with E-state index in [-0.39, 0.29) is 0 Å². The highest BCUT2D eigenvalue weighted by Crippen LogP contribution is 2.17. The van der Waals surface area contributed by atoms with Crippen LogP contribution in [-0.2, 0) is 15.9 Å². The van der Waals surface area contributed by atoms with Crippen LogP contribution in [-0.4, -0.2) is 40.0 Å². The van der Waals surface area contributed by atoms with Crippen molar-refractivity contribution < 1.29 is 9.47 Å². The van der Waals surface area contributed by atoms with Crippen LogP contribution in [0.1, 0.15) is 25.3 Å². The van der Waals surface area contributed by atoms with E-state index >= 15 is 0 Å². The number of halogens is 1. The Labute approximate surface area is 134 Å². The topological polar surface area (TPSA) is 30.5 Å². The largest absolute Gasteiger partial charge is 0.382 e.